The lowest BCUT2D eigenvalue weighted by Gasteiger charge is -2.32. The summed E-state index contributed by atoms with van der Waals surface area (Å²) in [5.41, 5.74) is 2.10. The summed E-state index contributed by atoms with van der Waals surface area (Å²) in [5.74, 6) is -0.291. The van der Waals surface area contributed by atoms with Crippen molar-refractivity contribution >= 4 is 17.3 Å². The van der Waals surface area contributed by atoms with Crippen LogP contribution in [0.15, 0.2) is 24.7 Å². The number of halogens is 1. The summed E-state index contributed by atoms with van der Waals surface area (Å²) < 4.78 is 19.9. The predicted molar refractivity (Wildman–Crippen MR) is 85.2 cm³/mol. The van der Waals surface area contributed by atoms with Gasteiger partial charge < -0.3 is 19.5 Å². The van der Waals surface area contributed by atoms with Gasteiger partial charge in [0.1, 0.15) is 6.61 Å². The smallest absolute Gasteiger partial charge is 0.226 e. The molecule has 0 fully saturated rings. The molecule has 7 heteroatoms. The molecule has 3 rings (SSSR count). The van der Waals surface area contributed by atoms with Crippen LogP contribution in [0.1, 0.15) is 19.0 Å². The lowest BCUT2D eigenvalue weighted by molar-refractivity contribution is -0.118. The van der Waals surface area contributed by atoms with Gasteiger partial charge in [-0.1, -0.05) is 6.92 Å². The monoisotopic (exact) mass is 318 g/mol. The molecule has 0 aliphatic carbocycles. The number of benzene rings is 1. The Hall–Kier alpha value is -2.57. The average molecular weight is 318 g/mol. The lowest BCUT2D eigenvalue weighted by Crippen LogP contribution is -2.33. The SMILES string of the molecule is CCC(=O)N(C)c1cc(F)c2c(c1)N(Cc1cnc[nH]1)CCO2. The number of carbonyl (C=O) groups is 1. The molecule has 0 atom stereocenters. The van der Waals surface area contributed by atoms with Crippen molar-refractivity contribution in [2.75, 3.05) is 30.0 Å². The molecule has 0 saturated carbocycles. The van der Waals surface area contributed by atoms with Gasteiger partial charge >= 0.3 is 0 Å². The molecule has 0 spiro atoms. The normalized spacial score (nSPS) is 13.4. The molecular weight excluding hydrogens is 299 g/mol. The highest BCUT2D eigenvalue weighted by Gasteiger charge is 2.24. The Morgan fingerprint density at radius 3 is 3.04 bits per heavy atom. The highest BCUT2D eigenvalue weighted by molar-refractivity contribution is 5.93. The molecule has 1 amide bonds. The zero-order valence-electron chi connectivity index (χ0n) is 13.2. The number of aromatic nitrogens is 2. The Labute approximate surface area is 133 Å². The minimum Gasteiger partial charge on any atom is -0.486 e. The molecule has 0 bridgehead atoms. The molecular formula is C16H19FN4O2. The van der Waals surface area contributed by atoms with E-state index in [0.717, 1.165) is 5.69 Å². The molecule has 0 radical (unpaired) electrons. The third-order valence-electron chi connectivity index (χ3n) is 3.94. The number of anilines is 2. The van der Waals surface area contributed by atoms with Crippen LogP contribution < -0.4 is 14.5 Å². The van der Waals surface area contributed by atoms with Crippen molar-refractivity contribution < 1.29 is 13.9 Å². The number of hydrogen-bond donors (Lipinski definition) is 1. The van der Waals surface area contributed by atoms with Gasteiger partial charge in [-0.15, -0.1) is 0 Å². The zero-order chi connectivity index (χ0) is 16.4. The van der Waals surface area contributed by atoms with Gasteiger partial charge in [0.15, 0.2) is 11.6 Å². The summed E-state index contributed by atoms with van der Waals surface area (Å²) in [4.78, 5) is 22.4. The molecule has 1 aliphatic rings. The van der Waals surface area contributed by atoms with Crippen molar-refractivity contribution in [3.8, 4) is 5.75 Å². The quantitative estimate of drug-likeness (QED) is 0.940. The van der Waals surface area contributed by atoms with Crippen molar-refractivity contribution in [1.29, 1.82) is 0 Å². The van der Waals surface area contributed by atoms with E-state index in [1.807, 2.05) is 4.90 Å². The molecule has 1 aromatic heterocycles. The molecule has 2 heterocycles. The van der Waals surface area contributed by atoms with Crippen molar-refractivity contribution in [2.24, 2.45) is 0 Å². The number of carbonyl (C=O) groups excluding carboxylic acids is 1. The fourth-order valence-electron chi connectivity index (χ4n) is 2.64. The molecule has 0 saturated heterocycles. The van der Waals surface area contributed by atoms with Gasteiger partial charge in [0.05, 0.1) is 30.8 Å². The molecule has 0 unspecified atom stereocenters. The average Bonchev–Trinajstić information content (AvgIpc) is 3.07. The van der Waals surface area contributed by atoms with E-state index in [2.05, 4.69) is 9.97 Å². The third-order valence-corrected chi connectivity index (χ3v) is 3.94. The van der Waals surface area contributed by atoms with E-state index >= 15 is 0 Å². The van der Waals surface area contributed by atoms with E-state index in [-0.39, 0.29) is 11.7 Å². The summed E-state index contributed by atoms with van der Waals surface area (Å²) in [5, 5.41) is 0. The first kappa shape index (κ1) is 15.3. The number of nitrogens with zero attached hydrogens (tertiary/aromatic N) is 3. The van der Waals surface area contributed by atoms with Gasteiger partial charge in [-0.05, 0) is 6.07 Å². The predicted octanol–water partition coefficient (Wildman–Crippen LogP) is 2.32. The number of nitrogens with one attached hydrogen (secondary N) is 1. The highest BCUT2D eigenvalue weighted by atomic mass is 19.1. The van der Waals surface area contributed by atoms with E-state index in [1.54, 1.807) is 32.6 Å². The maximum atomic E-state index is 14.4. The number of aromatic amines is 1. The minimum atomic E-state index is -0.456. The standard InChI is InChI=1S/C16H19FN4O2/c1-3-15(22)20(2)12-6-13(17)16-14(7-12)21(4-5-23-16)9-11-8-18-10-19-11/h6-8,10H,3-5,9H2,1-2H3,(H,18,19). The van der Waals surface area contributed by atoms with Gasteiger partial charge in [0.2, 0.25) is 5.91 Å². The fraction of sp³-hybridized carbons (Fsp3) is 0.375. The summed E-state index contributed by atoms with van der Waals surface area (Å²) >= 11 is 0. The molecule has 2 aromatic rings. The van der Waals surface area contributed by atoms with Gasteiger partial charge in [0.25, 0.3) is 0 Å². The third kappa shape index (κ3) is 2.99. The zero-order valence-corrected chi connectivity index (χ0v) is 13.2. The first-order valence-electron chi connectivity index (χ1n) is 7.55. The Morgan fingerprint density at radius 1 is 1.52 bits per heavy atom. The molecule has 122 valence electrons. The van der Waals surface area contributed by atoms with E-state index in [4.69, 9.17) is 4.74 Å². The number of amides is 1. The molecule has 1 aliphatic heterocycles. The van der Waals surface area contributed by atoms with Crippen molar-refractivity contribution in [3.05, 3.63) is 36.2 Å². The minimum absolute atomic E-state index is 0.0683. The number of hydrogen-bond acceptors (Lipinski definition) is 4. The van der Waals surface area contributed by atoms with Gasteiger partial charge in [-0.3, -0.25) is 4.79 Å². The van der Waals surface area contributed by atoms with Crippen molar-refractivity contribution in [3.63, 3.8) is 0 Å². The van der Waals surface area contributed by atoms with Crippen LogP contribution >= 0.6 is 0 Å². The van der Waals surface area contributed by atoms with Crippen LogP contribution in [0.3, 0.4) is 0 Å². The molecule has 1 aromatic carbocycles. The summed E-state index contributed by atoms with van der Waals surface area (Å²) in [6, 6.07) is 3.13. The Morgan fingerprint density at radius 2 is 2.35 bits per heavy atom. The Kier molecular flexibility index (Phi) is 4.18. The Bertz CT molecular complexity index is 702. The Balaban J connectivity index is 1.96. The maximum absolute atomic E-state index is 14.4. The van der Waals surface area contributed by atoms with Crippen LogP contribution in [0.4, 0.5) is 15.8 Å². The number of H-pyrrole nitrogens is 1. The number of ether oxygens (including phenoxy) is 1. The van der Waals surface area contributed by atoms with Crippen LogP contribution in [-0.4, -0.2) is 36.1 Å². The first-order chi connectivity index (χ1) is 11.1. The van der Waals surface area contributed by atoms with E-state index in [1.165, 1.54) is 11.0 Å². The van der Waals surface area contributed by atoms with Crippen molar-refractivity contribution in [2.45, 2.75) is 19.9 Å². The van der Waals surface area contributed by atoms with Crippen LogP contribution in [-0.2, 0) is 11.3 Å². The summed E-state index contributed by atoms with van der Waals surface area (Å²) in [6.07, 6.45) is 3.72. The number of imidazole rings is 1. The molecule has 23 heavy (non-hydrogen) atoms. The van der Waals surface area contributed by atoms with Crippen LogP contribution in [0.2, 0.25) is 0 Å². The summed E-state index contributed by atoms with van der Waals surface area (Å²) in [6.45, 7) is 3.41. The van der Waals surface area contributed by atoms with E-state index in [0.29, 0.717) is 37.5 Å². The van der Waals surface area contributed by atoms with E-state index < -0.39 is 5.82 Å². The summed E-state index contributed by atoms with van der Waals surface area (Å²) in [7, 11) is 1.65. The van der Waals surface area contributed by atoms with Gasteiger partial charge in [-0.25, -0.2) is 9.37 Å². The molecule has 1 N–H and O–H groups in total. The first-order valence-corrected chi connectivity index (χ1v) is 7.55. The van der Waals surface area contributed by atoms with Gasteiger partial charge in [0, 0.05) is 31.4 Å². The van der Waals surface area contributed by atoms with Crippen LogP contribution in [0.5, 0.6) is 5.75 Å². The number of rotatable bonds is 4. The van der Waals surface area contributed by atoms with Crippen molar-refractivity contribution in [1.82, 2.24) is 9.97 Å². The maximum Gasteiger partial charge on any atom is 0.226 e. The second kappa shape index (κ2) is 6.28. The van der Waals surface area contributed by atoms with Crippen LogP contribution in [0, 0.1) is 5.82 Å². The molecule has 6 nitrogen and oxygen atoms in total. The lowest BCUT2D eigenvalue weighted by atomic mass is 10.1. The number of fused-ring (bicyclic) bond motifs is 1. The topological polar surface area (TPSA) is 61.5 Å². The van der Waals surface area contributed by atoms with Crippen LogP contribution in [0.25, 0.3) is 0 Å². The fourth-order valence-corrected chi connectivity index (χ4v) is 2.64. The highest BCUT2D eigenvalue weighted by Crippen LogP contribution is 2.38. The second-order valence-corrected chi connectivity index (χ2v) is 5.43. The van der Waals surface area contributed by atoms with Gasteiger partial charge in [-0.2, -0.15) is 0 Å². The second-order valence-electron chi connectivity index (χ2n) is 5.43. The largest absolute Gasteiger partial charge is 0.486 e. The van der Waals surface area contributed by atoms with E-state index in [9.17, 15) is 9.18 Å².